The van der Waals surface area contributed by atoms with E-state index in [0.29, 0.717) is 11.3 Å². The minimum atomic E-state index is -0.133. The zero-order chi connectivity index (χ0) is 22.5. The number of piperidine rings is 1. The van der Waals surface area contributed by atoms with Crippen LogP contribution in [0.4, 0.5) is 5.95 Å². The van der Waals surface area contributed by atoms with E-state index in [2.05, 4.69) is 27.9 Å². The van der Waals surface area contributed by atoms with Crippen molar-refractivity contribution in [2.24, 2.45) is 0 Å². The number of hydrogen-bond acceptors (Lipinski definition) is 6. The number of anilines is 1. The van der Waals surface area contributed by atoms with Gasteiger partial charge in [0.2, 0.25) is 5.95 Å². The van der Waals surface area contributed by atoms with Crippen LogP contribution in [0, 0.1) is 11.3 Å². The molecule has 1 saturated heterocycles. The van der Waals surface area contributed by atoms with E-state index < -0.39 is 0 Å². The molecule has 0 spiro atoms. The molecule has 0 saturated carbocycles. The summed E-state index contributed by atoms with van der Waals surface area (Å²) in [5, 5.41) is 8.96. The highest BCUT2D eigenvalue weighted by molar-refractivity contribution is 5.33. The first-order chi connectivity index (χ1) is 15.6. The second-order valence-corrected chi connectivity index (χ2v) is 8.07. The Morgan fingerprint density at radius 2 is 1.84 bits per heavy atom. The summed E-state index contributed by atoms with van der Waals surface area (Å²) >= 11 is 0. The molecular formula is C25H27N5O2. The minimum absolute atomic E-state index is 0.0624. The molecule has 32 heavy (non-hydrogen) atoms. The molecule has 0 bridgehead atoms. The van der Waals surface area contributed by atoms with Gasteiger partial charge in [0, 0.05) is 50.6 Å². The highest BCUT2D eigenvalue weighted by Crippen LogP contribution is 2.22. The van der Waals surface area contributed by atoms with Gasteiger partial charge >= 0.3 is 0 Å². The van der Waals surface area contributed by atoms with Gasteiger partial charge in [-0.1, -0.05) is 19.1 Å². The molecule has 3 aromatic rings. The summed E-state index contributed by atoms with van der Waals surface area (Å²) in [6.07, 6.45) is 8.25. The lowest BCUT2D eigenvalue weighted by Crippen LogP contribution is -2.39. The highest BCUT2D eigenvalue weighted by atomic mass is 16.5. The fourth-order valence-corrected chi connectivity index (χ4v) is 3.92. The Labute approximate surface area is 187 Å². The van der Waals surface area contributed by atoms with Gasteiger partial charge in [-0.05, 0) is 42.7 Å². The number of nitrogens with zero attached hydrogens (tertiary/aromatic N) is 5. The van der Waals surface area contributed by atoms with E-state index in [1.54, 1.807) is 29.0 Å². The molecule has 1 fully saturated rings. The van der Waals surface area contributed by atoms with E-state index in [9.17, 15) is 4.79 Å². The van der Waals surface area contributed by atoms with E-state index in [1.807, 2.05) is 37.5 Å². The first kappa shape index (κ1) is 21.6. The molecule has 1 atom stereocenters. The van der Waals surface area contributed by atoms with Crippen molar-refractivity contribution in [1.29, 1.82) is 5.26 Å². The Morgan fingerprint density at radius 1 is 1.16 bits per heavy atom. The van der Waals surface area contributed by atoms with Gasteiger partial charge < -0.3 is 14.2 Å². The van der Waals surface area contributed by atoms with Gasteiger partial charge in [-0.25, -0.2) is 9.97 Å². The SMILES string of the molecule is CCc1cnc(N2CCC(Oc3ccn(C(C)c4ccc(C#N)cc4)c(=O)c3)CC2)nc1. The van der Waals surface area contributed by atoms with Gasteiger partial charge in [-0.15, -0.1) is 0 Å². The molecule has 0 N–H and O–H groups in total. The average molecular weight is 430 g/mol. The summed E-state index contributed by atoms with van der Waals surface area (Å²) in [5.74, 6) is 1.36. The van der Waals surface area contributed by atoms with Crippen LogP contribution in [0.1, 0.15) is 49.4 Å². The van der Waals surface area contributed by atoms with Crippen molar-refractivity contribution in [3.8, 4) is 11.8 Å². The Bertz CT molecular complexity index is 1140. The maximum Gasteiger partial charge on any atom is 0.254 e. The Kier molecular flexibility index (Phi) is 6.50. The molecule has 2 aromatic heterocycles. The molecule has 7 heteroatoms. The van der Waals surface area contributed by atoms with E-state index in [0.717, 1.165) is 49.4 Å². The van der Waals surface area contributed by atoms with Crippen LogP contribution in [0.3, 0.4) is 0 Å². The van der Waals surface area contributed by atoms with Crippen molar-refractivity contribution in [2.75, 3.05) is 18.0 Å². The number of nitriles is 1. The molecule has 0 aliphatic carbocycles. The average Bonchev–Trinajstić information content (AvgIpc) is 2.84. The van der Waals surface area contributed by atoms with Crippen LogP contribution in [0.2, 0.25) is 0 Å². The lowest BCUT2D eigenvalue weighted by Gasteiger charge is -2.32. The largest absolute Gasteiger partial charge is 0.490 e. The normalized spacial score (nSPS) is 15.2. The van der Waals surface area contributed by atoms with Crippen LogP contribution in [-0.4, -0.2) is 33.7 Å². The molecule has 3 heterocycles. The molecule has 1 aromatic carbocycles. The second kappa shape index (κ2) is 9.65. The summed E-state index contributed by atoms with van der Waals surface area (Å²) in [5.41, 5.74) is 2.60. The number of rotatable bonds is 6. The summed E-state index contributed by atoms with van der Waals surface area (Å²) in [6, 6.07) is 12.7. The van der Waals surface area contributed by atoms with Crippen molar-refractivity contribution in [1.82, 2.24) is 14.5 Å². The van der Waals surface area contributed by atoms with Crippen LogP contribution in [-0.2, 0) is 6.42 Å². The predicted molar refractivity (Wildman–Crippen MR) is 123 cm³/mol. The highest BCUT2D eigenvalue weighted by Gasteiger charge is 2.22. The number of aromatic nitrogens is 3. The van der Waals surface area contributed by atoms with Gasteiger partial charge in [-0.3, -0.25) is 4.79 Å². The Balaban J connectivity index is 1.36. The van der Waals surface area contributed by atoms with Crippen LogP contribution < -0.4 is 15.2 Å². The van der Waals surface area contributed by atoms with Gasteiger partial charge in [0.15, 0.2) is 0 Å². The van der Waals surface area contributed by atoms with E-state index >= 15 is 0 Å². The van der Waals surface area contributed by atoms with Crippen molar-refractivity contribution in [3.05, 3.63) is 82.0 Å². The quantitative estimate of drug-likeness (QED) is 0.594. The number of benzene rings is 1. The van der Waals surface area contributed by atoms with Crippen LogP contribution in [0.15, 0.2) is 59.8 Å². The maximum atomic E-state index is 12.7. The third-order valence-electron chi connectivity index (χ3n) is 5.99. The van der Waals surface area contributed by atoms with Crippen LogP contribution >= 0.6 is 0 Å². The van der Waals surface area contributed by atoms with Crippen LogP contribution in [0.25, 0.3) is 0 Å². The summed E-state index contributed by atoms with van der Waals surface area (Å²) in [7, 11) is 0. The molecule has 164 valence electrons. The standard InChI is InChI=1S/C25H27N5O2/c1-3-19-16-27-25(28-17-19)29-11-8-22(9-12-29)32-23-10-13-30(24(31)14-23)18(2)21-6-4-20(15-26)5-7-21/h4-7,10,13-14,16-18,22H,3,8-9,11-12H2,1-2H3. The molecule has 1 aliphatic rings. The number of hydrogen-bond donors (Lipinski definition) is 0. The van der Waals surface area contributed by atoms with E-state index in [1.165, 1.54) is 0 Å². The second-order valence-electron chi connectivity index (χ2n) is 8.07. The van der Waals surface area contributed by atoms with E-state index in [-0.39, 0.29) is 17.7 Å². The third kappa shape index (κ3) is 4.80. The maximum absolute atomic E-state index is 12.7. The Morgan fingerprint density at radius 3 is 2.44 bits per heavy atom. The summed E-state index contributed by atoms with van der Waals surface area (Å²) in [4.78, 5) is 23.8. The van der Waals surface area contributed by atoms with E-state index in [4.69, 9.17) is 10.00 Å². The van der Waals surface area contributed by atoms with Gasteiger partial charge in [0.05, 0.1) is 17.7 Å². The molecule has 1 unspecified atom stereocenters. The lowest BCUT2D eigenvalue weighted by atomic mass is 10.1. The Hall–Kier alpha value is -3.66. The number of pyridine rings is 1. The predicted octanol–water partition coefficient (Wildman–Crippen LogP) is 3.73. The summed E-state index contributed by atoms with van der Waals surface area (Å²) in [6.45, 7) is 5.70. The molecule has 7 nitrogen and oxygen atoms in total. The first-order valence-corrected chi connectivity index (χ1v) is 11.0. The van der Waals surface area contributed by atoms with Gasteiger partial charge in [-0.2, -0.15) is 5.26 Å². The topological polar surface area (TPSA) is 84.0 Å². The van der Waals surface area contributed by atoms with Crippen LogP contribution in [0.5, 0.6) is 5.75 Å². The smallest absolute Gasteiger partial charge is 0.254 e. The van der Waals surface area contributed by atoms with Crippen molar-refractivity contribution < 1.29 is 4.74 Å². The minimum Gasteiger partial charge on any atom is -0.490 e. The monoisotopic (exact) mass is 429 g/mol. The third-order valence-corrected chi connectivity index (χ3v) is 5.99. The van der Waals surface area contributed by atoms with Crippen molar-refractivity contribution in [2.45, 2.75) is 45.3 Å². The molecule has 0 radical (unpaired) electrons. The zero-order valence-electron chi connectivity index (χ0n) is 18.4. The van der Waals surface area contributed by atoms with Gasteiger partial charge in [0.1, 0.15) is 11.9 Å². The molecule has 0 amide bonds. The fourth-order valence-electron chi connectivity index (χ4n) is 3.92. The molecular weight excluding hydrogens is 402 g/mol. The lowest BCUT2D eigenvalue weighted by molar-refractivity contribution is 0.170. The van der Waals surface area contributed by atoms with Crippen molar-refractivity contribution >= 4 is 5.95 Å². The first-order valence-electron chi connectivity index (χ1n) is 11.0. The number of aryl methyl sites for hydroxylation is 1. The molecule has 1 aliphatic heterocycles. The fraction of sp³-hybridized carbons (Fsp3) is 0.360. The number of ether oxygens (including phenoxy) is 1. The van der Waals surface area contributed by atoms with Gasteiger partial charge in [0.25, 0.3) is 5.56 Å². The molecule has 4 rings (SSSR count). The summed E-state index contributed by atoms with van der Waals surface area (Å²) < 4.78 is 7.79. The zero-order valence-corrected chi connectivity index (χ0v) is 18.4. The van der Waals surface area contributed by atoms with Crippen molar-refractivity contribution in [3.63, 3.8) is 0 Å².